The second-order valence-corrected chi connectivity index (χ2v) is 15.7. The van der Waals surface area contributed by atoms with Gasteiger partial charge in [-0.2, -0.15) is 0 Å². The molecule has 0 rings (SSSR count). The predicted octanol–water partition coefficient (Wildman–Crippen LogP) is 12.1. The highest BCUT2D eigenvalue weighted by Crippen LogP contribution is 2.16. The summed E-state index contributed by atoms with van der Waals surface area (Å²) in [6.45, 7) is 4.04. The van der Waals surface area contributed by atoms with Crippen LogP contribution in [0.2, 0.25) is 0 Å². The Bertz CT molecular complexity index is 843. The van der Waals surface area contributed by atoms with Crippen LogP contribution < -0.4 is 5.32 Å². The highest BCUT2D eigenvalue weighted by atomic mass is 16.3. The fourth-order valence-corrected chi connectivity index (χ4v) is 6.91. The van der Waals surface area contributed by atoms with Crippen molar-refractivity contribution in [3.63, 3.8) is 0 Å². The molecule has 0 saturated heterocycles. The SMILES string of the molecule is CCCCCCCCCC/C=C/CC/C=C/CC/C=C/CCCC(O)C(O)C(CO)NC(=O)C(O)CCCCCCCCCCCCCCCCCC. The molecule has 0 fully saturated rings. The molecule has 0 aromatic carbocycles. The van der Waals surface area contributed by atoms with Gasteiger partial charge >= 0.3 is 0 Å². The van der Waals surface area contributed by atoms with Gasteiger partial charge in [-0.1, -0.05) is 198 Å². The number of rotatable bonds is 41. The van der Waals surface area contributed by atoms with Crippen LogP contribution in [-0.2, 0) is 4.79 Å². The predicted molar refractivity (Wildman–Crippen MR) is 228 cm³/mol. The van der Waals surface area contributed by atoms with E-state index in [0.29, 0.717) is 19.3 Å². The van der Waals surface area contributed by atoms with Crippen LogP contribution in [0, 0.1) is 0 Å². The van der Waals surface area contributed by atoms with Crippen molar-refractivity contribution >= 4 is 5.91 Å². The number of carbonyl (C=O) groups excluding carboxylic acids is 1. The van der Waals surface area contributed by atoms with E-state index in [1.54, 1.807) is 0 Å². The van der Waals surface area contributed by atoms with Gasteiger partial charge < -0.3 is 25.7 Å². The summed E-state index contributed by atoms with van der Waals surface area (Å²) in [5, 5.41) is 43.7. The second-order valence-electron chi connectivity index (χ2n) is 15.7. The fraction of sp³-hybridized carbons (Fsp3) is 0.851. The first-order valence-corrected chi connectivity index (χ1v) is 22.9. The summed E-state index contributed by atoms with van der Waals surface area (Å²) in [5.74, 6) is -0.598. The van der Waals surface area contributed by atoms with Crippen LogP contribution in [0.3, 0.4) is 0 Å². The van der Waals surface area contributed by atoms with E-state index in [0.717, 1.165) is 51.4 Å². The third-order valence-corrected chi connectivity index (χ3v) is 10.6. The van der Waals surface area contributed by atoms with Crippen LogP contribution in [0.1, 0.15) is 226 Å². The summed E-state index contributed by atoms with van der Waals surface area (Å²) in [6.07, 6.45) is 48.9. The minimum atomic E-state index is -1.29. The average Bonchev–Trinajstić information content (AvgIpc) is 3.16. The lowest BCUT2D eigenvalue weighted by molar-refractivity contribution is -0.132. The Morgan fingerprint density at radius 2 is 0.792 bits per heavy atom. The molecule has 0 aromatic rings. The van der Waals surface area contributed by atoms with Crippen molar-refractivity contribution in [3.8, 4) is 0 Å². The molecule has 0 heterocycles. The third-order valence-electron chi connectivity index (χ3n) is 10.6. The van der Waals surface area contributed by atoms with Crippen LogP contribution in [0.4, 0.5) is 0 Å². The number of hydrogen-bond acceptors (Lipinski definition) is 5. The summed E-state index contributed by atoms with van der Waals surface area (Å²) in [6, 6.07) is -1.01. The van der Waals surface area contributed by atoms with Gasteiger partial charge in [0.05, 0.1) is 18.8 Å². The van der Waals surface area contributed by atoms with Gasteiger partial charge in [-0.25, -0.2) is 0 Å². The Hall–Kier alpha value is -1.47. The molecule has 1 amide bonds. The van der Waals surface area contributed by atoms with Gasteiger partial charge in [-0.15, -0.1) is 0 Å². The molecule has 0 saturated carbocycles. The van der Waals surface area contributed by atoms with Gasteiger partial charge in [0, 0.05) is 0 Å². The molecule has 4 atom stereocenters. The second kappa shape index (κ2) is 41.7. The minimum absolute atomic E-state index is 0.361. The normalized spacial score (nSPS) is 14.5. The Labute approximate surface area is 328 Å². The smallest absolute Gasteiger partial charge is 0.249 e. The molecule has 53 heavy (non-hydrogen) atoms. The maximum atomic E-state index is 12.5. The Balaban J connectivity index is 3.81. The van der Waals surface area contributed by atoms with E-state index in [4.69, 9.17) is 0 Å². The van der Waals surface area contributed by atoms with Crippen LogP contribution >= 0.6 is 0 Å². The Morgan fingerprint density at radius 1 is 0.453 bits per heavy atom. The molecular formula is C47H89NO5. The molecule has 4 unspecified atom stereocenters. The number of aliphatic hydroxyl groups is 4. The van der Waals surface area contributed by atoms with Gasteiger partial charge in [0.15, 0.2) is 0 Å². The van der Waals surface area contributed by atoms with E-state index < -0.39 is 36.9 Å². The first-order chi connectivity index (χ1) is 26.0. The number of unbranched alkanes of at least 4 members (excludes halogenated alkanes) is 26. The first-order valence-electron chi connectivity index (χ1n) is 22.9. The monoisotopic (exact) mass is 748 g/mol. The molecule has 0 bridgehead atoms. The van der Waals surface area contributed by atoms with E-state index in [2.05, 4.69) is 55.6 Å². The van der Waals surface area contributed by atoms with E-state index in [1.807, 2.05) is 0 Å². The largest absolute Gasteiger partial charge is 0.394 e. The minimum Gasteiger partial charge on any atom is -0.394 e. The quantitative estimate of drug-likeness (QED) is 0.0316. The third kappa shape index (κ3) is 36.0. The number of hydrogen-bond donors (Lipinski definition) is 5. The molecule has 312 valence electrons. The van der Waals surface area contributed by atoms with Crippen LogP contribution in [0.5, 0.6) is 0 Å². The molecular weight excluding hydrogens is 659 g/mol. The van der Waals surface area contributed by atoms with Gasteiger partial charge in [0.2, 0.25) is 5.91 Å². The summed E-state index contributed by atoms with van der Waals surface area (Å²) in [7, 11) is 0. The van der Waals surface area contributed by atoms with Crippen molar-refractivity contribution in [2.45, 2.75) is 250 Å². The van der Waals surface area contributed by atoms with Crippen LogP contribution in [0.15, 0.2) is 36.5 Å². The topological polar surface area (TPSA) is 110 Å². The lowest BCUT2D eigenvalue weighted by Gasteiger charge is -2.27. The Kier molecular flexibility index (Phi) is 40.5. The van der Waals surface area contributed by atoms with Crippen molar-refractivity contribution in [2.75, 3.05) is 6.61 Å². The highest BCUT2D eigenvalue weighted by Gasteiger charge is 2.28. The van der Waals surface area contributed by atoms with E-state index in [-0.39, 0.29) is 0 Å². The van der Waals surface area contributed by atoms with Gasteiger partial charge in [0.1, 0.15) is 12.2 Å². The molecule has 0 aliphatic carbocycles. The Morgan fingerprint density at radius 3 is 1.19 bits per heavy atom. The number of aliphatic hydroxyl groups excluding tert-OH is 4. The molecule has 5 N–H and O–H groups in total. The fourth-order valence-electron chi connectivity index (χ4n) is 6.91. The molecule has 0 aliphatic rings. The highest BCUT2D eigenvalue weighted by molar-refractivity contribution is 5.80. The van der Waals surface area contributed by atoms with E-state index in [9.17, 15) is 25.2 Å². The summed E-state index contributed by atoms with van der Waals surface area (Å²) in [4.78, 5) is 12.5. The molecule has 6 nitrogen and oxygen atoms in total. The van der Waals surface area contributed by atoms with Crippen molar-refractivity contribution < 1.29 is 25.2 Å². The number of carbonyl (C=O) groups is 1. The van der Waals surface area contributed by atoms with Crippen LogP contribution in [-0.4, -0.2) is 57.3 Å². The summed E-state index contributed by atoms with van der Waals surface area (Å²) >= 11 is 0. The van der Waals surface area contributed by atoms with Crippen molar-refractivity contribution in [1.29, 1.82) is 0 Å². The van der Waals surface area contributed by atoms with Crippen molar-refractivity contribution in [3.05, 3.63) is 36.5 Å². The zero-order valence-electron chi connectivity index (χ0n) is 35.0. The standard InChI is InChI=1S/C47H89NO5/c1-3-5-7-9-11-13-15-17-19-21-22-23-24-25-27-28-30-32-34-36-38-40-44(50)46(52)43(42-49)48-47(53)45(51)41-39-37-35-33-31-29-26-20-18-16-14-12-10-8-6-4-2/h21-22,25,27,32,34,43-46,49-52H,3-20,23-24,26,28-31,33,35-42H2,1-2H3,(H,48,53)/b22-21+,27-25+,34-32+. The van der Waals surface area contributed by atoms with Crippen LogP contribution in [0.25, 0.3) is 0 Å². The summed E-state index contributed by atoms with van der Waals surface area (Å²) in [5.41, 5.74) is 0. The molecule has 0 aromatic heterocycles. The molecule has 0 radical (unpaired) electrons. The van der Waals surface area contributed by atoms with E-state index >= 15 is 0 Å². The number of allylic oxidation sites excluding steroid dienone is 6. The molecule has 0 aliphatic heterocycles. The summed E-state index contributed by atoms with van der Waals surface area (Å²) < 4.78 is 0. The van der Waals surface area contributed by atoms with Crippen molar-refractivity contribution in [1.82, 2.24) is 5.32 Å². The molecule has 0 spiro atoms. The lowest BCUT2D eigenvalue weighted by atomic mass is 10.00. The lowest BCUT2D eigenvalue weighted by Crippen LogP contribution is -2.53. The zero-order valence-corrected chi connectivity index (χ0v) is 35.0. The number of amides is 1. The average molecular weight is 748 g/mol. The zero-order chi connectivity index (χ0) is 38.9. The first kappa shape index (κ1) is 51.5. The van der Waals surface area contributed by atoms with Gasteiger partial charge in [0.25, 0.3) is 0 Å². The van der Waals surface area contributed by atoms with Crippen molar-refractivity contribution in [2.24, 2.45) is 0 Å². The maximum absolute atomic E-state index is 12.5. The van der Waals surface area contributed by atoms with Gasteiger partial charge in [-0.05, 0) is 64.2 Å². The number of nitrogens with one attached hydrogen (secondary N) is 1. The molecule has 6 heteroatoms. The van der Waals surface area contributed by atoms with E-state index in [1.165, 1.54) is 141 Å². The maximum Gasteiger partial charge on any atom is 0.249 e. The van der Waals surface area contributed by atoms with Gasteiger partial charge in [-0.3, -0.25) is 4.79 Å².